The number of rotatable bonds is 3. The molecule has 5 unspecified atom stereocenters. The first-order valence-electron chi connectivity index (χ1n) is 7.33. The van der Waals surface area contributed by atoms with Gasteiger partial charge in [-0.1, -0.05) is 15.9 Å². The van der Waals surface area contributed by atoms with Gasteiger partial charge in [0.1, 0.15) is 5.82 Å². The first-order chi connectivity index (χ1) is 9.20. The summed E-state index contributed by atoms with van der Waals surface area (Å²) >= 11 is 3.47. The summed E-state index contributed by atoms with van der Waals surface area (Å²) in [5.41, 5.74) is 0.843. The Morgan fingerprint density at radius 3 is 2.58 bits per heavy atom. The van der Waals surface area contributed by atoms with Gasteiger partial charge in [0, 0.05) is 16.1 Å². The molecule has 0 saturated heterocycles. The number of hydrogen-bond acceptors (Lipinski definition) is 1. The van der Waals surface area contributed by atoms with Crippen LogP contribution in [-0.4, -0.2) is 7.05 Å². The van der Waals surface area contributed by atoms with E-state index in [9.17, 15) is 4.39 Å². The SMILES string of the molecule is CNC(c1cc(Br)ccc1F)C1C2C3CCC(C3)C21. The van der Waals surface area contributed by atoms with Crippen molar-refractivity contribution in [2.45, 2.75) is 25.3 Å². The second kappa shape index (κ2) is 4.29. The van der Waals surface area contributed by atoms with Gasteiger partial charge in [0.25, 0.3) is 0 Å². The van der Waals surface area contributed by atoms with E-state index in [0.29, 0.717) is 5.92 Å². The molecule has 1 aromatic rings. The van der Waals surface area contributed by atoms with Crippen molar-refractivity contribution < 1.29 is 4.39 Å². The molecule has 0 aliphatic heterocycles. The minimum absolute atomic E-state index is 0.0696. The largest absolute Gasteiger partial charge is 0.313 e. The lowest BCUT2D eigenvalue weighted by Gasteiger charge is -2.21. The Morgan fingerprint density at radius 1 is 1.26 bits per heavy atom. The van der Waals surface area contributed by atoms with E-state index in [4.69, 9.17) is 0 Å². The van der Waals surface area contributed by atoms with E-state index in [1.54, 1.807) is 12.1 Å². The quantitative estimate of drug-likeness (QED) is 0.881. The smallest absolute Gasteiger partial charge is 0.128 e. The molecule has 1 aromatic carbocycles. The monoisotopic (exact) mass is 323 g/mol. The normalized spacial score (nSPS) is 40.3. The number of fused-ring (bicyclic) bond motifs is 5. The van der Waals surface area contributed by atoms with E-state index in [1.165, 1.54) is 19.3 Å². The first kappa shape index (κ1) is 12.3. The highest BCUT2D eigenvalue weighted by atomic mass is 79.9. The van der Waals surface area contributed by atoms with E-state index >= 15 is 0 Å². The van der Waals surface area contributed by atoms with Crippen molar-refractivity contribution in [2.24, 2.45) is 29.6 Å². The highest BCUT2D eigenvalue weighted by Gasteiger charge is 2.66. The predicted molar refractivity (Wildman–Crippen MR) is 77.2 cm³/mol. The maximum absolute atomic E-state index is 14.1. The molecular weight excluding hydrogens is 305 g/mol. The van der Waals surface area contributed by atoms with Crippen LogP contribution in [0.5, 0.6) is 0 Å². The molecule has 3 fully saturated rings. The van der Waals surface area contributed by atoms with Gasteiger partial charge in [-0.3, -0.25) is 0 Å². The summed E-state index contributed by atoms with van der Waals surface area (Å²) in [4.78, 5) is 0. The molecule has 0 radical (unpaired) electrons. The summed E-state index contributed by atoms with van der Waals surface area (Å²) in [6.45, 7) is 0. The standard InChI is InChI=1S/C16H19BrFN/c1-19-16(11-7-10(17)4-5-12(11)18)15-13-8-2-3-9(6-8)14(13)15/h4-5,7-9,13-16,19H,2-3,6H2,1H3. The van der Waals surface area contributed by atoms with E-state index < -0.39 is 0 Å². The van der Waals surface area contributed by atoms with E-state index in [1.807, 2.05) is 13.1 Å². The van der Waals surface area contributed by atoms with Crippen LogP contribution in [0.1, 0.15) is 30.9 Å². The molecule has 3 aliphatic rings. The van der Waals surface area contributed by atoms with Crippen LogP contribution in [0.2, 0.25) is 0 Å². The van der Waals surface area contributed by atoms with Crippen molar-refractivity contribution in [1.82, 2.24) is 5.32 Å². The van der Waals surface area contributed by atoms with Crippen molar-refractivity contribution in [3.8, 4) is 0 Å². The lowest BCUT2D eigenvalue weighted by Crippen LogP contribution is -2.23. The molecule has 3 aliphatic carbocycles. The third kappa shape index (κ3) is 1.74. The summed E-state index contributed by atoms with van der Waals surface area (Å²) in [6, 6.07) is 5.50. The third-order valence-electron chi connectivity index (χ3n) is 5.78. The molecule has 4 rings (SSSR count). The Labute approximate surface area is 122 Å². The van der Waals surface area contributed by atoms with Crippen LogP contribution in [0.15, 0.2) is 22.7 Å². The fourth-order valence-corrected chi connectivity index (χ4v) is 5.53. The van der Waals surface area contributed by atoms with Crippen LogP contribution >= 0.6 is 15.9 Å². The van der Waals surface area contributed by atoms with Gasteiger partial charge in [0.15, 0.2) is 0 Å². The molecular formula is C16H19BrFN. The van der Waals surface area contributed by atoms with Crippen LogP contribution in [-0.2, 0) is 0 Å². The number of benzene rings is 1. The fourth-order valence-electron chi connectivity index (χ4n) is 5.15. The molecule has 19 heavy (non-hydrogen) atoms. The van der Waals surface area contributed by atoms with Crippen LogP contribution in [0.3, 0.4) is 0 Å². The minimum Gasteiger partial charge on any atom is -0.313 e. The fraction of sp³-hybridized carbons (Fsp3) is 0.625. The summed E-state index contributed by atoms with van der Waals surface area (Å²) in [5, 5.41) is 3.38. The van der Waals surface area contributed by atoms with Crippen molar-refractivity contribution >= 4 is 15.9 Å². The summed E-state index contributed by atoms with van der Waals surface area (Å²) in [7, 11) is 1.97. The molecule has 0 aromatic heterocycles. The van der Waals surface area contributed by atoms with Gasteiger partial charge in [-0.15, -0.1) is 0 Å². The molecule has 0 heterocycles. The molecule has 2 bridgehead atoms. The predicted octanol–water partition coefficient (Wildman–Crippen LogP) is 4.14. The van der Waals surface area contributed by atoms with Crippen molar-refractivity contribution in [3.63, 3.8) is 0 Å². The Kier molecular flexibility index (Phi) is 2.79. The lowest BCUT2D eigenvalue weighted by atomic mass is 9.93. The second-order valence-electron chi connectivity index (χ2n) is 6.50. The molecule has 0 amide bonds. The van der Waals surface area contributed by atoms with E-state index in [2.05, 4.69) is 21.2 Å². The Morgan fingerprint density at radius 2 is 1.95 bits per heavy atom. The lowest BCUT2D eigenvalue weighted by molar-refractivity contribution is 0.377. The van der Waals surface area contributed by atoms with Crippen molar-refractivity contribution in [3.05, 3.63) is 34.1 Å². The first-order valence-corrected chi connectivity index (χ1v) is 8.12. The zero-order chi connectivity index (χ0) is 13.1. The topological polar surface area (TPSA) is 12.0 Å². The number of halogens is 2. The molecule has 1 N–H and O–H groups in total. The minimum atomic E-state index is -0.0696. The van der Waals surface area contributed by atoms with Gasteiger partial charge in [-0.25, -0.2) is 4.39 Å². The Balaban J connectivity index is 1.64. The van der Waals surface area contributed by atoms with Crippen LogP contribution in [0, 0.1) is 35.4 Å². The van der Waals surface area contributed by atoms with E-state index in [0.717, 1.165) is 33.7 Å². The van der Waals surface area contributed by atoms with Gasteiger partial charge in [-0.2, -0.15) is 0 Å². The summed E-state index contributed by atoms with van der Waals surface area (Å²) in [5.74, 6) is 4.21. The van der Waals surface area contributed by atoms with Gasteiger partial charge < -0.3 is 5.32 Å². The van der Waals surface area contributed by atoms with Gasteiger partial charge in [0.05, 0.1) is 0 Å². The number of nitrogens with one attached hydrogen (secondary N) is 1. The maximum atomic E-state index is 14.1. The van der Waals surface area contributed by atoms with E-state index in [-0.39, 0.29) is 11.9 Å². The molecule has 102 valence electrons. The second-order valence-corrected chi connectivity index (χ2v) is 7.41. The van der Waals surface area contributed by atoms with Crippen molar-refractivity contribution in [2.75, 3.05) is 7.05 Å². The van der Waals surface area contributed by atoms with Crippen molar-refractivity contribution in [1.29, 1.82) is 0 Å². The van der Waals surface area contributed by atoms with Crippen LogP contribution in [0.25, 0.3) is 0 Å². The van der Waals surface area contributed by atoms with Gasteiger partial charge >= 0.3 is 0 Å². The highest BCUT2D eigenvalue weighted by molar-refractivity contribution is 9.10. The van der Waals surface area contributed by atoms with Crippen LogP contribution in [0.4, 0.5) is 4.39 Å². The molecule has 3 saturated carbocycles. The maximum Gasteiger partial charge on any atom is 0.128 e. The molecule has 5 atom stereocenters. The summed E-state index contributed by atoms with van der Waals surface area (Å²) in [6.07, 6.45) is 4.28. The molecule has 1 nitrogen and oxygen atoms in total. The zero-order valence-electron chi connectivity index (χ0n) is 11.1. The third-order valence-corrected chi connectivity index (χ3v) is 6.28. The average Bonchev–Trinajstić information content (AvgIpc) is 2.82. The zero-order valence-corrected chi connectivity index (χ0v) is 12.7. The highest BCUT2D eigenvalue weighted by Crippen LogP contribution is 2.72. The Hall–Kier alpha value is -0.410. The van der Waals surface area contributed by atoms with Gasteiger partial charge in [-0.05, 0) is 74.1 Å². The summed E-state index contributed by atoms with van der Waals surface area (Å²) < 4.78 is 15.1. The van der Waals surface area contributed by atoms with Crippen LogP contribution < -0.4 is 5.32 Å². The average molecular weight is 324 g/mol. The Bertz CT molecular complexity index is 501. The molecule has 3 heteroatoms. The van der Waals surface area contributed by atoms with Gasteiger partial charge in [0.2, 0.25) is 0 Å². The number of hydrogen-bond donors (Lipinski definition) is 1. The molecule has 0 spiro atoms.